The molecule has 0 saturated heterocycles. The Morgan fingerprint density at radius 2 is 1.67 bits per heavy atom. The summed E-state index contributed by atoms with van der Waals surface area (Å²) in [6.45, 7) is 0. The highest BCUT2D eigenvalue weighted by Gasteiger charge is 2.10. The molecular weight excluding hydrogens is 248 g/mol. The van der Waals surface area contributed by atoms with Gasteiger partial charge in [0.15, 0.2) is 12.4 Å². The largest absolute Gasteiger partial charge is 1.00 e. The molecule has 4 heteroatoms. The molecule has 1 aromatic carbocycles. The number of halogens is 1. The molecule has 1 N–H and O–H groups in total. The lowest BCUT2D eigenvalue weighted by Crippen LogP contribution is -3.00. The van der Waals surface area contributed by atoms with E-state index in [1.165, 1.54) is 0 Å². The summed E-state index contributed by atoms with van der Waals surface area (Å²) in [4.78, 5) is 0. The molecule has 0 atom stereocenters. The highest BCUT2D eigenvalue weighted by atomic mass is 35.5. The Morgan fingerprint density at radius 1 is 0.944 bits per heavy atom. The van der Waals surface area contributed by atoms with E-state index in [9.17, 15) is 0 Å². The van der Waals surface area contributed by atoms with Gasteiger partial charge in [0.1, 0.15) is 5.58 Å². The molecule has 0 radical (unpaired) electrons. The molecule has 0 bridgehead atoms. The Kier molecular flexibility index (Phi) is 3.44. The second-order valence-electron chi connectivity index (χ2n) is 3.78. The van der Waals surface area contributed by atoms with Crippen LogP contribution in [0, 0.1) is 5.41 Å². The van der Waals surface area contributed by atoms with Crippen molar-refractivity contribution in [3.63, 3.8) is 0 Å². The molecule has 3 aromatic rings. The van der Waals surface area contributed by atoms with Gasteiger partial charge in [0.25, 0.3) is 11.2 Å². The van der Waals surface area contributed by atoms with Crippen LogP contribution < -0.4 is 22.5 Å². The van der Waals surface area contributed by atoms with Crippen molar-refractivity contribution in [2.24, 2.45) is 0 Å². The molecule has 18 heavy (non-hydrogen) atoms. The molecule has 2 heterocycles. The minimum atomic E-state index is 0. The van der Waals surface area contributed by atoms with E-state index in [0.29, 0.717) is 0 Å². The first-order valence-corrected chi connectivity index (χ1v) is 5.39. The number of benzene rings is 1. The molecule has 3 nitrogen and oxygen atoms in total. The molecule has 0 fully saturated rings. The number of hydrogen-bond acceptors (Lipinski definition) is 2. The second kappa shape index (κ2) is 5.02. The summed E-state index contributed by atoms with van der Waals surface area (Å²) in [5.41, 5.74) is 1.64. The molecule has 0 aliphatic heterocycles. The van der Waals surface area contributed by atoms with Crippen LogP contribution in [0.2, 0.25) is 0 Å². The van der Waals surface area contributed by atoms with Crippen molar-refractivity contribution >= 4 is 11.0 Å². The number of fused-ring (bicyclic) bond motifs is 1. The maximum atomic E-state index is 7.90. The van der Waals surface area contributed by atoms with Gasteiger partial charge in [0.2, 0.25) is 0 Å². The van der Waals surface area contributed by atoms with Crippen molar-refractivity contribution in [1.82, 2.24) is 0 Å². The fourth-order valence-electron chi connectivity index (χ4n) is 1.82. The third-order valence-electron chi connectivity index (χ3n) is 2.65. The van der Waals surface area contributed by atoms with Gasteiger partial charge in [0, 0.05) is 23.6 Å². The number of aromatic nitrogens is 1. The fourth-order valence-corrected chi connectivity index (χ4v) is 1.82. The predicted octanol–water partition coefficient (Wildman–Crippen LogP) is -0.807. The number of nitrogens with zero attached hydrogens (tertiary/aromatic N) is 1. The van der Waals surface area contributed by atoms with Crippen molar-refractivity contribution in [2.75, 3.05) is 0 Å². The Morgan fingerprint density at radius 3 is 2.44 bits per heavy atom. The number of para-hydroxylation sites is 1. The average molecular weight is 259 g/mol. The standard InChI is InChI=1S/C14H11N2O.ClH/c15-14-12(16-8-4-1-5-9-16)10-11-6-2-3-7-13(11)17-14;/h1-10,15H;1H/q+1;/p-1. The summed E-state index contributed by atoms with van der Waals surface area (Å²) in [5.74, 6) is 0. The van der Waals surface area contributed by atoms with E-state index in [1.54, 1.807) is 0 Å². The Bertz CT molecular complexity index is 722. The van der Waals surface area contributed by atoms with Gasteiger partial charge in [-0.25, -0.2) is 0 Å². The van der Waals surface area contributed by atoms with Crippen molar-refractivity contribution in [2.45, 2.75) is 0 Å². The van der Waals surface area contributed by atoms with E-state index in [-0.39, 0.29) is 18.0 Å². The van der Waals surface area contributed by atoms with Gasteiger partial charge in [-0.05, 0) is 6.07 Å². The van der Waals surface area contributed by atoms with Crippen LogP contribution in [0.5, 0.6) is 0 Å². The molecule has 0 saturated carbocycles. The lowest BCUT2D eigenvalue weighted by atomic mass is 10.2. The molecule has 0 amide bonds. The van der Waals surface area contributed by atoms with Crippen LogP contribution in [0.15, 0.2) is 65.3 Å². The van der Waals surface area contributed by atoms with Crippen LogP contribution in [0.4, 0.5) is 0 Å². The number of hydrogen-bond donors (Lipinski definition) is 1. The van der Waals surface area contributed by atoms with E-state index < -0.39 is 0 Å². The zero-order chi connectivity index (χ0) is 11.7. The van der Waals surface area contributed by atoms with Crippen LogP contribution in [-0.2, 0) is 0 Å². The van der Waals surface area contributed by atoms with Gasteiger partial charge < -0.3 is 16.8 Å². The molecular formula is C14H11ClN2O. The summed E-state index contributed by atoms with van der Waals surface area (Å²) in [6, 6.07) is 15.5. The molecule has 90 valence electrons. The van der Waals surface area contributed by atoms with Gasteiger partial charge in [-0.15, -0.1) is 0 Å². The second-order valence-corrected chi connectivity index (χ2v) is 3.78. The first kappa shape index (κ1) is 12.3. The van der Waals surface area contributed by atoms with Gasteiger partial charge in [-0.3, -0.25) is 5.41 Å². The van der Waals surface area contributed by atoms with E-state index >= 15 is 0 Å². The lowest BCUT2D eigenvalue weighted by molar-refractivity contribution is -0.597. The van der Waals surface area contributed by atoms with E-state index in [1.807, 2.05) is 65.5 Å². The third-order valence-corrected chi connectivity index (χ3v) is 2.65. The monoisotopic (exact) mass is 258 g/mol. The van der Waals surface area contributed by atoms with Crippen LogP contribution >= 0.6 is 0 Å². The fraction of sp³-hybridized carbons (Fsp3) is 0. The number of rotatable bonds is 1. The zero-order valence-corrected chi connectivity index (χ0v) is 10.3. The molecule has 0 aliphatic rings. The maximum absolute atomic E-state index is 7.90. The highest BCUT2D eigenvalue weighted by molar-refractivity contribution is 5.77. The number of pyridine rings is 1. The molecule has 2 aromatic heterocycles. The van der Waals surface area contributed by atoms with Crippen molar-refractivity contribution in [1.29, 1.82) is 5.41 Å². The van der Waals surface area contributed by atoms with Crippen LogP contribution in [0.25, 0.3) is 16.7 Å². The summed E-state index contributed by atoms with van der Waals surface area (Å²) < 4.78 is 7.37. The molecule has 0 spiro atoms. The van der Waals surface area contributed by atoms with Crippen LogP contribution in [0.1, 0.15) is 0 Å². The average Bonchev–Trinajstić information content (AvgIpc) is 2.39. The Hall–Kier alpha value is -2.13. The van der Waals surface area contributed by atoms with E-state index in [2.05, 4.69) is 0 Å². The smallest absolute Gasteiger partial charge is 0.286 e. The van der Waals surface area contributed by atoms with Crippen LogP contribution in [0.3, 0.4) is 0 Å². The van der Waals surface area contributed by atoms with Gasteiger partial charge in [-0.2, -0.15) is 4.57 Å². The zero-order valence-electron chi connectivity index (χ0n) is 9.51. The third kappa shape index (κ3) is 2.13. The topological polar surface area (TPSA) is 40.9 Å². The SMILES string of the molecule is N=c1oc2ccccc2cc1-[n+]1ccccc1.[Cl-]. The summed E-state index contributed by atoms with van der Waals surface area (Å²) >= 11 is 0. The van der Waals surface area contributed by atoms with Crippen molar-refractivity contribution in [3.05, 3.63) is 66.5 Å². The Balaban J connectivity index is 0.00000120. The first-order valence-electron chi connectivity index (χ1n) is 5.39. The van der Waals surface area contributed by atoms with Crippen molar-refractivity contribution < 1.29 is 21.4 Å². The van der Waals surface area contributed by atoms with E-state index in [0.717, 1.165) is 16.7 Å². The highest BCUT2D eigenvalue weighted by Crippen LogP contribution is 2.12. The predicted molar refractivity (Wildman–Crippen MR) is 63.6 cm³/mol. The quantitative estimate of drug-likeness (QED) is 0.570. The normalized spacial score (nSPS) is 10.0. The van der Waals surface area contributed by atoms with Gasteiger partial charge in [0.05, 0.1) is 0 Å². The maximum Gasteiger partial charge on any atom is 0.286 e. The summed E-state index contributed by atoms with van der Waals surface area (Å²) in [7, 11) is 0. The van der Waals surface area contributed by atoms with Crippen LogP contribution in [-0.4, -0.2) is 0 Å². The summed E-state index contributed by atoms with van der Waals surface area (Å²) in [6.07, 6.45) is 3.80. The van der Waals surface area contributed by atoms with Gasteiger partial charge >= 0.3 is 0 Å². The summed E-state index contributed by atoms with van der Waals surface area (Å²) in [5, 5.41) is 8.90. The first-order chi connectivity index (χ1) is 8.34. The molecule has 0 aliphatic carbocycles. The van der Waals surface area contributed by atoms with E-state index in [4.69, 9.17) is 9.83 Å². The minimum Gasteiger partial charge on any atom is -1.00 e. The molecule has 0 unspecified atom stereocenters. The van der Waals surface area contributed by atoms with Crippen molar-refractivity contribution in [3.8, 4) is 5.69 Å². The lowest BCUT2D eigenvalue weighted by Gasteiger charge is -1.98. The van der Waals surface area contributed by atoms with Gasteiger partial charge in [-0.1, -0.05) is 24.3 Å². The number of nitrogens with one attached hydrogen (secondary N) is 1. The Labute approximate surface area is 110 Å². The minimum absolute atomic E-state index is 0. The molecule has 3 rings (SSSR count).